The van der Waals surface area contributed by atoms with Crippen molar-refractivity contribution in [2.75, 3.05) is 20.8 Å². The Kier molecular flexibility index (Phi) is 7.02. The van der Waals surface area contributed by atoms with E-state index in [1.165, 1.54) is 0 Å². The van der Waals surface area contributed by atoms with Crippen molar-refractivity contribution in [3.05, 3.63) is 102 Å². The highest BCUT2D eigenvalue weighted by atomic mass is 16.5. The molecule has 1 N–H and O–H groups in total. The second kappa shape index (κ2) is 10.9. The Morgan fingerprint density at radius 3 is 2.54 bits per heavy atom. The second-order valence-electron chi connectivity index (χ2n) is 8.38. The van der Waals surface area contributed by atoms with Crippen LogP contribution in [0.25, 0.3) is 16.9 Å². The van der Waals surface area contributed by atoms with Crippen LogP contribution in [0.1, 0.15) is 27.2 Å². The van der Waals surface area contributed by atoms with E-state index >= 15 is 0 Å². The van der Waals surface area contributed by atoms with Crippen LogP contribution in [-0.4, -0.2) is 51.2 Å². The summed E-state index contributed by atoms with van der Waals surface area (Å²) in [5.74, 6) is 0.899. The summed E-state index contributed by atoms with van der Waals surface area (Å²) in [6.07, 6.45) is 8.32. The number of carbonyl (C=O) groups excluding carboxylic acids is 1. The molecule has 0 aliphatic heterocycles. The number of nitrogens with one attached hydrogen (secondary N) is 1. The Morgan fingerprint density at radius 1 is 0.973 bits per heavy atom. The highest BCUT2D eigenvalue weighted by molar-refractivity contribution is 5.94. The number of carbonyl (C=O) groups is 1. The van der Waals surface area contributed by atoms with Crippen molar-refractivity contribution in [3.8, 4) is 22.9 Å². The van der Waals surface area contributed by atoms with Crippen molar-refractivity contribution in [3.63, 3.8) is 0 Å². The van der Waals surface area contributed by atoms with Crippen LogP contribution in [0, 0.1) is 0 Å². The molecule has 0 saturated heterocycles. The molecule has 0 fully saturated rings. The summed E-state index contributed by atoms with van der Waals surface area (Å²) >= 11 is 0. The number of benzene rings is 1. The average Bonchev–Trinajstić information content (AvgIpc) is 3.43. The zero-order valence-corrected chi connectivity index (χ0v) is 20.6. The van der Waals surface area contributed by atoms with E-state index in [0.29, 0.717) is 30.2 Å². The second-order valence-corrected chi connectivity index (χ2v) is 8.38. The average molecular weight is 495 g/mol. The first-order valence-corrected chi connectivity index (χ1v) is 11.8. The lowest BCUT2D eigenvalue weighted by Crippen LogP contribution is -2.25. The summed E-state index contributed by atoms with van der Waals surface area (Å²) in [5, 5.41) is 7.68. The van der Waals surface area contributed by atoms with Gasteiger partial charge in [0.25, 0.3) is 11.8 Å². The van der Waals surface area contributed by atoms with Crippen molar-refractivity contribution in [2.24, 2.45) is 0 Å². The molecule has 0 aliphatic rings. The van der Waals surface area contributed by atoms with Crippen molar-refractivity contribution in [1.29, 1.82) is 0 Å². The Bertz CT molecular complexity index is 1520. The van der Waals surface area contributed by atoms with Gasteiger partial charge in [-0.15, -0.1) is 0 Å². The fourth-order valence-corrected chi connectivity index (χ4v) is 4.08. The fourth-order valence-electron chi connectivity index (χ4n) is 4.08. The summed E-state index contributed by atoms with van der Waals surface area (Å²) in [4.78, 5) is 25.7. The molecule has 9 heteroatoms. The molecule has 0 saturated carbocycles. The number of imidazole rings is 1. The monoisotopic (exact) mass is 494 g/mol. The number of amides is 1. The van der Waals surface area contributed by atoms with Gasteiger partial charge in [-0.1, -0.05) is 12.1 Å². The van der Waals surface area contributed by atoms with E-state index < -0.39 is 0 Å². The maximum atomic E-state index is 12.6. The minimum absolute atomic E-state index is 0.112. The highest BCUT2D eigenvalue weighted by Gasteiger charge is 2.13. The van der Waals surface area contributed by atoms with Crippen LogP contribution >= 0.6 is 0 Å². The number of nitrogens with zero attached hydrogens (tertiary/aromatic N) is 5. The molecular formula is C28H26N6O3. The Balaban J connectivity index is 1.34. The lowest BCUT2D eigenvalue weighted by molar-refractivity contribution is 0.0954. The van der Waals surface area contributed by atoms with Gasteiger partial charge in [0.2, 0.25) is 0 Å². The normalized spacial score (nSPS) is 10.9. The number of fused-ring (bicyclic) bond motifs is 1. The smallest absolute Gasteiger partial charge is 0.256 e. The summed E-state index contributed by atoms with van der Waals surface area (Å²) in [6.45, 7) is 0.553. The van der Waals surface area contributed by atoms with Crippen LogP contribution in [-0.2, 0) is 12.8 Å². The first-order valence-electron chi connectivity index (χ1n) is 11.8. The standard InChI is InChI=1S/C28H26N6O3/c1-36-25-8-7-23(32-28(25)37-2)17-22-18-24(33-34-16-15-30-26(22)34)20-3-5-21(6-4-20)27(35)31-14-11-19-9-12-29-13-10-19/h3-10,12-13,15-16,18H,11,14,17H2,1-2H3,(H,31,35). The van der Waals surface area contributed by atoms with Crippen LogP contribution in [0.5, 0.6) is 11.6 Å². The van der Waals surface area contributed by atoms with Crippen LogP contribution in [0.3, 0.4) is 0 Å². The van der Waals surface area contributed by atoms with Gasteiger partial charge in [-0.3, -0.25) is 9.78 Å². The molecule has 1 aromatic carbocycles. The highest BCUT2D eigenvalue weighted by Crippen LogP contribution is 2.27. The molecule has 5 rings (SSSR count). The van der Waals surface area contributed by atoms with E-state index in [1.54, 1.807) is 37.3 Å². The number of ether oxygens (including phenoxy) is 2. The van der Waals surface area contributed by atoms with Gasteiger partial charge in [-0.05, 0) is 54.4 Å². The van der Waals surface area contributed by atoms with E-state index in [4.69, 9.17) is 14.6 Å². The van der Waals surface area contributed by atoms with E-state index in [1.807, 2.05) is 60.8 Å². The van der Waals surface area contributed by atoms with Crippen molar-refractivity contribution >= 4 is 11.6 Å². The van der Waals surface area contributed by atoms with Gasteiger partial charge in [0, 0.05) is 60.1 Å². The minimum atomic E-state index is -0.112. The van der Waals surface area contributed by atoms with Gasteiger partial charge >= 0.3 is 0 Å². The maximum Gasteiger partial charge on any atom is 0.256 e. The third-order valence-corrected chi connectivity index (χ3v) is 5.99. The lowest BCUT2D eigenvalue weighted by Gasteiger charge is -2.11. The SMILES string of the molecule is COc1ccc(Cc2cc(-c3ccc(C(=O)NCCc4ccncc4)cc3)nn3ccnc23)nc1OC. The minimum Gasteiger partial charge on any atom is -0.491 e. The Labute approximate surface area is 214 Å². The van der Waals surface area contributed by atoms with Crippen molar-refractivity contribution < 1.29 is 14.3 Å². The lowest BCUT2D eigenvalue weighted by atomic mass is 10.0. The van der Waals surface area contributed by atoms with E-state index in [0.717, 1.165) is 40.1 Å². The molecule has 0 spiro atoms. The number of methoxy groups -OCH3 is 2. The quantitative estimate of drug-likeness (QED) is 0.333. The van der Waals surface area contributed by atoms with Gasteiger partial charge in [0.1, 0.15) is 0 Å². The molecule has 0 radical (unpaired) electrons. The van der Waals surface area contributed by atoms with Gasteiger partial charge < -0.3 is 14.8 Å². The predicted molar refractivity (Wildman–Crippen MR) is 139 cm³/mol. The zero-order valence-electron chi connectivity index (χ0n) is 20.6. The van der Waals surface area contributed by atoms with Crippen LogP contribution < -0.4 is 14.8 Å². The number of pyridine rings is 2. The molecule has 9 nitrogen and oxygen atoms in total. The molecule has 1 amide bonds. The zero-order chi connectivity index (χ0) is 25.6. The van der Waals surface area contributed by atoms with E-state index in [-0.39, 0.29) is 5.91 Å². The first kappa shape index (κ1) is 23.9. The molecule has 0 unspecified atom stereocenters. The fraction of sp³-hybridized carbons (Fsp3) is 0.179. The Morgan fingerprint density at radius 2 is 1.78 bits per heavy atom. The van der Waals surface area contributed by atoms with Crippen LogP contribution in [0.4, 0.5) is 0 Å². The maximum absolute atomic E-state index is 12.6. The number of rotatable bonds is 9. The third-order valence-electron chi connectivity index (χ3n) is 5.99. The molecule has 5 aromatic rings. The molecule has 0 atom stereocenters. The van der Waals surface area contributed by atoms with Crippen molar-refractivity contribution in [2.45, 2.75) is 12.8 Å². The van der Waals surface area contributed by atoms with E-state index in [9.17, 15) is 4.79 Å². The van der Waals surface area contributed by atoms with Crippen molar-refractivity contribution in [1.82, 2.24) is 29.9 Å². The van der Waals surface area contributed by atoms with Crippen LogP contribution in [0.15, 0.2) is 79.4 Å². The van der Waals surface area contributed by atoms with E-state index in [2.05, 4.69) is 20.3 Å². The summed E-state index contributed by atoms with van der Waals surface area (Å²) in [5.41, 5.74) is 5.93. The first-order chi connectivity index (χ1) is 18.1. The molecule has 186 valence electrons. The number of hydrogen-bond donors (Lipinski definition) is 1. The molecule has 4 aromatic heterocycles. The molecule has 4 heterocycles. The number of hydrogen-bond acceptors (Lipinski definition) is 7. The Hall–Kier alpha value is -4.79. The van der Waals surface area contributed by atoms with Gasteiger partial charge in [0.15, 0.2) is 11.4 Å². The summed E-state index contributed by atoms with van der Waals surface area (Å²) in [6, 6.07) is 17.1. The molecule has 0 bridgehead atoms. The molecular weight excluding hydrogens is 468 g/mol. The van der Waals surface area contributed by atoms with Crippen LogP contribution in [0.2, 0.25) is 0 Å². The number of aromatic nitrogens is 5. The molecule has 37 heavy (non-hydrogen) atoms. The van der Waals surface area contributed by atoms with Gasteiger partial charge in [-0.25, -0.2) is 14.5 Å². The molecule has 0 aliphatic carbocycles. The predicted octanol–water partition coefficient (Wildman–Crippen LogP) is 3.77. The topological polar surface area (TPSA) is 104 Å². The summed E-state index contributed by atoms with van der Waals surface area (Å²) in [7, 11) is 3.15. The van der Waals surface area contributed by atoms with Gasteiger partial charge in [0.05, 0.1) is 19.9 Å². The van der Waals surface area contributed by atoms with Gasteiger partial charge in [-0.2, -0.15) is 5.10 Å². The summed E-state index contributed by atoms with van der Waals surface area (Å²) < 4.78 is 12.4. The largest absolute Gasteiger partial charge is 0.491 e. The third kappa shape index (κ3) is 5.40.